The van der Waals surface area contributed by atoms with Gasteiger partial charge in [0.15, 0.2) is 0 Å². The third kappa shape index (κ3) is 2.98. The smallest absolute Gasteiger partial charge is 0.257 e. The Kier molecular flexibility index (Phi) is 4.81. The topological polar surface area (TPSA) is 33.2 Å². The predicted molar refractivity (Wildman–Crippen MR) is 64.3 cm³/mol. The van der Waals surface area contributed by atoms with Gasteiger partial charge in [0.05, 0.1) is 12.1 Å². The molecule has 0 atom stereocenters. The molecule has 16 heavy (non-hydrogen) atoms. The Morgan fingerprint density at radius 3 is 3.00 bits per heavy atom. The van der Waals surface area contributed by atoms with E-state index < -0.39 is 0 Å². The monoisotopic (exact) mass is 236 g/mol. The molecule has 0 aliphatic rings. The Morgan fingerprint density at radius 2 is 2.44 bits per heavy atom. The molecule has 0 unspecified atom stereocenters. The van der Waals surface area contributed by atoms with E-state index in [9.17, 15) is 4.79 Å². The highest BCUT2D eigenvalue weighted by Gasteiger charge is 2.17. The molecule has 0 saturated carbocycles. The first-order valence-corrected chi connectivity index (χ1v) is 5.41. The fourth-order valence-electron chi connectivity index (χ4n) is 1.35. The van der Waals surface area contributed by atoms with Gasteiger partial charge in [-0.3, -0.25) is 4.79 Å². The molecule has 0 bridgehead atoms. The van der Waals surface area contributed by atoms with E-state index in [1.54, 1.807) is 23.2 Å². The molecule has 0 aromatic carbocycles. The lowest BCUT2D eigenvalue weighted by atomic mass is 10.2. The predicted octanol–water partition coefficient (Wildman–Crippen LogP) is 2.22. The number of hydrogen-bond donors (Lipinski definition) is 0. The van der Waals surface area contributed by atoms with Crippen molar-refractivity contribution in [2.24, 2.45) is 0 Å². The minimum absolute atomic E-state index is 0.169. The lowest BCUT2D eigenvalue weighted by molar-refractivity contribution is 0.0776. The van der Waals surface area contributed by atoms with Gasteiger partial charge in [-0.05, 0) is 18.6 Å². The molecule has 1 amide bonds. The summed E-state index contributed by atoms with van der Waals surface area (Å²) in [4.78, 5) is 17.5. The van der Waals surface area contributed by atoms with Crippen molar-refractivity contribution in [3.05, 3.63) is 29.0 Å². The largest absolute Gasteiger partial charge is 0.327 e. The van der Waals surface area contributed by atoms with Crippen molar-refractivity contribution in [1.82, 2.24) is 9.88 Å². The van der Waals surface area contributed by atoms with Crippen LogP contribution in [-0.4, -0.2) is 28.9 Å². The van der Waals surface area contributed by atoms with Gasteiger partial charge in [0, 0.05) is 12.7 Å². The van der Waals surface area contributed by atoms with Crippen LogP contribution < -0.4 is 0 Å². The molecule has 1 heterocycles. The molecule has 0 radical (unpaired) electrons. The van der Waals surface area contributed by atoms with Gasteiger partial charge < -0.3 is 4.90 Å². The van der Waals surface area contributed by atoms with Crippen LogP contribution in [0.2, 0.25) is 5.15 Å². The van der Waals surface area contributed by atoms with E-state index in [-0.39, 0.29) is 17.6 Å². The molecule has 1 aromatic rings. The molecule has 4 heteroatoms. The second kappa shape index (κ2) is 6.14. The molecule has 1 rings (SSSR count). The first kappa shape index (κ1) is 12.5. The molecular formula is C12H13ClN2O. The fourth-order valence-corrected chi connectivity index (χ4v) is 1.55. The molecule has 0 N–H and O–H groups in total. The van der Waals surface area contributed by atoms with E-state index in [0.29, 0.717) is 12.1 Å². The van der Waals surface area contributed by atoms with E-state index in [4.69, 9.17) is 18.0 Å². The molecule has 3 nitrogen and oxygen atoms in total. The van der Waals surface area contributed by atoms with Crippen molar-refractivity contribution in [2.75, 3.05) is 13.1 Å². The highest BCUT2D eigenvalue weighted by atomic mass is 35.5. The van der Waals surface area contributed by atoms with E-state index in [0.717, 1.165) is 6.42 Å². The van der Waals surface area contributed by atoms with Crippen molar-refractivity contribution < 1.29 is 4.79 Å². The Labute approximate surface area is 100 Å². The fraction of sp³-hybridized carbons (Fsp3) is 0.333. The molecule has 0 aliphatic carbocycles. The first-order chi connectivity index (χ1) is 7.70. The van der Waals surface area contributed by atoms with Gasteiger partial charge in [-0.15, -0.1) is 6.42 Å². The number of amides is 1. The van der Waals surface area contributed by atoms with Crippen LogP contribution in [0.4, 0.5) is 0 Å². The summed E-state index contributed by atoms with van der Waals surface area (Å²) >= 11 is 5.85. The number of rotatable bonds is 4. The summed E-state index contributed by atoms with van der Waals surface area (Å²) in [7, 11) is 0. The number of aromatic nitrogens is 1. The van der Waals surface area contributed by atoms with Gasteiger partial charge in [-0.2, -0.15) is 0 Å². The molecule has 0 aliphatic heterocycles. The minimum Gasteiger partial charge on any atom is -0.327 e. The van der Waals surface area contributed by atoms with E-state index in [1.165, 1.54) is 0 Å². The minimum atomic E-state index is -0.169. The number of pyridine rings is 1. The average molecular weight is 237 g/mol. The third-order valence-electron chi connectivity index (χ3n) is 2.05. The van der Waals surface area contributed by atoms with Gasteiger partial charge in [-0.1, -0.05) is 24.4 Å². The van der Waals surface area contributed by atoms with Gasteiger partial charge in [0.2, 0.25) is 0 Å². The molecule has 0 saturated heterocycles. The van der Waals surface area contributed by atoms with E-state index in [2.05, 4.69) is 10.9 Å². The summed E-state index contributed by atoms with van der Waals surface area (Å²) in [6.45, 7) is 2.90. The van der Waals surface area contributed by atoms with Crippen molar-refractivity contribution in [3.63, 3.8) is 0 Å². The Bertz CT molecular complexity index is 412. The van der Waals surface area contributed by atoms with Crippen molar-refractivity contribution in [3.8, 4) is 12.3 Å². The normalized spacial score (nSPS) is 9.56. The Morgan fingerprint density at radius 1 is 1.69 bits per heavy atom. The van der Waals surface area contributed by atoms with Crippen LogP contribution in [0, 0.1) is 12.3 Å². The summed E-state index contributed by atoms with van der Waals surface area (Å²) < 4.78 is 0. The Hall–Kier alpha value is -1.53. The van der Waals surface area contributed by atoms with Gasteiger partial charge >= 0.3 is 0 Å². The molecule has 0 spiro atoms. The number of carbonyl (C=O) groups excluding carboxylic acids is 1. The Balaban J connectivity index is 2.91. The average Bonchev–Trinajstić information content (AvgIpc) is 2.28. The lowest BCUT2D eigenvalue weighted by Crippen LogP contribution is -2.32. The zero-order valence-corrected chi connectivity index (χ0v) is 9.87. The first-order valence-electron chi connectivity index (χ1n) is 5.04. The van der Waals surface area contributed by atoms with Crippen LogP contribution in [0.25, 0.3) is 0 Å². The standard InChI is InChI=1S/C12H13ClN2O/c1-3-8-15(9-4-2)12(16)10-6-5-7-14-11(10)13/h1,5-7H,4,8-9H2,2H3. The maximum atomic E-state index is 12.1. The number of nitrogens with zero attached hydrogens (tertiary/aromatic N) is 2. The number of carbonyl (C=O) groups is 1. The summed E-state index contributed by atoms with van der Waals surface area (Å²) in [5, 5.41) is 0.214. The maximum absolute atomic E-state index is 12.1. The summed E-state index contributed by atoms with van der Waals surface area (Å²) in [5.74, 6) is 2.30. The molecule has 84 valence electrons. The lowest BCUT2D eigenvalue weighted by Gasteiger charge is -2.19. The molecule has 0 fully saturated rings. The highest BCUT2D eigenvalue weighted by molar-refractivity contribution is 6.32. The summed E-state index contributed by atoms with van der Waals surface area (Å²) in [6.07, 6.45) is 7.62. The van der Waals surface area contributed by atoms with Crippen LogP contribution >= 0.6 is 11.6 Å². The maximum Gasteiger partial charge on any atom is 0.257 e. The van der Waals surface area contributed by atoms with Crippen molar-refractivity contribution in [2.45, 2.75) is 13.3 Å². The highest BCUT2D eigenvalue weighted by Crippen LogP contribution is 2.14. The SMILES string of the molecule is C#CCN(CCC)C(=O)c1cccnc1Cl. The van der Waals surface area contributed by atoms with Crippen LogP contribution in [0.5, 0.6) is 0 Å². The number of hydrogen-bond acceptors (Lipinski definition) is 2. The summed E-state index contributed by atoms with van der Waals surface area (Å²) in [6, 6.07) is 3.33. The quantitative estimate of drug-likeness (QED) is 0.593. The van der Waals surface area contributed by atoms with E-state index in [1.807, 2.05) is 6.92 Å². The van der Waals surface area contributed by atoms with Crippen LogP contribution in [0.3, 0.4) is 0 Å². The zero-order valence-electron chi connectivity index (χ0n) is 9.11. The number of terminal acetylenes is 1. The second-order valence-corrected chi connectivity index (χ2v) is 3.63. The van der Waals surface area contributed by atoms with Gasteiger partial charge in [-0.25, -0.2) is 4.98 Å². The molecular weight excluding hydrogens is 224 g/mol. The van der Waals surface area contributed by atoms with E-state index >= 15 is 0 Å². The van der Waals surface area contributed by atoms with Crippen LogP contribution in [0.1, 0.15) is 23.7 Å². The zero-order chi connectivity index (χ0) is 12.0. The van der Waals surface area contributed by atoms with Crippen LogP contribution in [0.15, 0.2) is 18.3 Å². The second-order valence-electron chi connectivity index (χ2n) is 3.27. The van der Waals surface area contributed by atoms with Crippen molar-refractivity contribution >= 4 is 17.5 Å². The van der Waals surface area contributed by atoms with Gasteiger partial charge in [0.25, 0.3) is 5.91 Å². The van der Waals surface area contributed by atoms with Crippen molar-refractivity contribution in [1.29, 1.82) is 0 Å². The third-order valence-corrected chi connectivity index (χ3v) is 2.35. The van der Waals surface area contributed by atoms with Crippen LogP contribution in [-0.2, 0) is 0 Å². The molecule has 1 aromatic heterocycles. The van der Waals surface area contributed by atoms with Gasteiger partial charge in [0.1, 0.15) is 5.15 Å². The number of halogens is 1. The summed E-state index contributed by atoms with van der Waals surface area (Å²) in [5.41, 5.74) is 0.396.